The Morgan fingerprint density at radius 1 is 1.15 bits per heavy atom. The van der Waals surface area contributed by atoms with Crippen molar-refractivity contribution in [1.82, 2.24) is 0 Å². The fraction of sp³-hybridized carbons (Fsp3) is 0.316. The molecule has 0 aliphatic carbocycles. The number of amides is 1. The molecule has 0 spiro atoms. The van der Waals surface area contributed by atoms with Crippen molar-refractivity contribution < 1.29 is 17.9 Å². The number of methoxy groups -OCH3 is 1. The minimum atomic E-state index is -3.50. The lowest BCUT2D eigenvalue weighted by molar-refractivity contribution is -0.116. The van der Waals surface area contributed by atoms with Crippen LogP contribution in [0.4, 0.5) is 11.4 Å². The van der Waals surface area contributed by atoms with Gasteiger partial charge < -0.3 is 10.1 Å². The third-order valence-electron chi connectivity index (χ3n) is 3.96. The summed E-state index contributed by atoms with van der Waals surface area (Å²) in [5.74, 6) is 0.277. The standard InChI is InChI=1S/C19H24N2O4S/c1-14-9-10-18(25-3)16(13-14)20-19(22)11-12-21(26(4,23)24)17-8-6-5-7-15(17)2/h5-10,13H,11-12H2,1-4H3,(H,20,22). The van der Waals surface area contributed by atoms with Crippen LogP contribution in [-0.4, -0.2) is 34.2 Å². The summed E-state index contributed by atoms with van der Waals surface area (Å²) in [6.45, 7) is 3.81. The van der Waals surface area contributed by atoms with E-state index in [1.165, 1.54) is 11.4 Å². The maximum Gasteiger partial charge on any atom is 0.232 e. The van der Waals surface area contributed by atoms with Gasteiger partial charge in [0.1, 0.15) is 5.75 Å². The zero-order chi connectivity index (χ0) is 19.3. The van der Waals surface area contributed by atoms with E-state index in [0.717, 1.165) is 17.4 Å². The smallest absolute Gasteiger partial charge is 0.232 e. The van der Waals surface area contributed by atoms with Crippen molar-refractivity contribution in [3.63, 3.8) is 0 Å². The summed E-state index contributed by atoms with van der Waals surface area (Å²) >= 11 is 0. The van der Waals surface area contributed by atoms with E-state index in [0.29, 0.717) is 17.1 Å². The second kappa shape index (κ2) is 8.23. The Kier molecular flexibility index (Phi) is 6.26. The molecule has 0 radical (unpaired) electrons. The maximum atomic E-state index is 12.4. The molecule has 140 valence electrons. The van der Waals surface area contributed by atoms with Gasteiger partial charge in [-0.15, -0.1) is 0 Å². The van der Waals surface area contributed by atoms with E-state index in [-0.39, 0.29) is 18.9 Å². The number of ether oxygens (including phenoxy) is 1. The number of anilines is 2. The number of benzene rings is 2. The Balaban J connectivity index is 2.13. The summed E-state index contributed by atoms with van der Waals surface area (Å²) in [5.41, 5.74) is 2.97. The number of nitrogens with one attached hydrogen (secondary N) is 1. The third kappa shape index (κ3) is 4.98. The molecule has 1 N–H and O–H groups in total. The van der Waals surface area contributed by atoms with Crippen LogP contribution in [0.3, 0.4) is 0 Å². The molecular weight excluding hydrogens is 352 g/mol. The molecule has 0 heterocycles. The number of aryl methyl sites for hydroxylation is 2. The minimum absolute atomic E-state index is 0.0263. The number of hydrogen-bond acceptors (Lipinski definition) is 4. The molecule has 0 atom stereocenters. The molecule has 0 aliphatic heterocycles. The Hall–Kier alpha value is -2.54. The van der Waals surface area contributed by atoms with E-state index in [1.807, 2.05) is 38.1 Å². The van der Waals surface area contributed by atoms with Gasteiger partial charge in [0.15, 0.2) is 0 Å². The molecule has 0 saturated heterocycles. The molecule has 0 unspecified atom stereocenters. The summed E-state index contributed by atoms with van der Waals surface area (Å²) in [7, 11) is -1.97. The number of rotatable bonds is 7. The summed E-state index contributed by atoms with van der Waals surface area (Å²) in [6.07, 6.45) is 1.17. The summed E-state index contributed by atoms with van der Waals surface area (Å²) in [4.78, 5) is 12.4. The predicted octanol–water partition coefficient (Wildman–Crippen LogP) is 3.11. The zero-order valence-electron chi connectivity index (χ0n) is 15.4. The molecule has 0 fully saturated rings. The van der Waals surface area contributed by atoms with E-state index in [4.69, 9.17) is 4.74 Å². The van der Waals surface area contributed by atoms with Crippen LogP contribution in [0.25, 0.3) is 0 Å². The largest absolute Gasteiger partial charge is 0.495 e. The van der Waals surface area contributed by atoms with Crippen molar-refractivity contribution in [2.45, 2.75) is 20.3 Å². The van der Waals surface area contributed by atoms with Crippen LogP contribution in [-0.2, 0) is 14.8 Å². The van der Waals surface area contributed by atoms with Crippen molar-refractivity contribution in [2.75, 3.05) is 29.5 Å². The quantitative estimate of drug-likeness (QED) is 0.806. The molecule has 0 bridgehead atoms. The molecular formula is C19H24N2O4S. The SMILES string of the molecule is COc1ccc(C)cc1NC(=O)CCN(c1ccccc1C)S(C)(=O)=O. The van der Waals surface area contributed by atoms with Crippen molar-refractivity contribution in [3.8, 4) is 5.75 Å². The molecule has 2 aromatic rings. The number of hydrogen-bond donors (Lipinski definition) is 1. The second-order valence-corrected chi connectivity index (χ2v) is 8.03. The zero-order valence-corrected chi connectivity index (χ0v) is 16.3. The van der Waals surface area contributed by atoms with Crippen molar-refractivity contribution in [2.24, 2.45) is 0 Å². The van der Waals surface area contributed by atoms with Crippen LogP contribution in [0, 0.1) is 13.8 Å². The Morgan fingerprint density at radius 2 is 1.85 bits per heavy atom. The molecule has 26 heavy (non-hydrogen) atoms. The second-order valence-electron chi connectivity index (χ2n) is 6.12. The highest BCUT2D eigenvalue weighted by Gasteiger charge is 2.20. The molecule has 7 heteroatoms. The van der Waals surface area contributed by atoms with Gasteiger partial charge >= 0.3 is 0 Å². The maximum absolute atomic E-state index is 12.4. The fourth-order valence-corrected chi connectivity index (χ4v) is 3.63. The number of nitrogens with zero attached hydrogens (tertiary/aromatic N) is 1. The van der Waals surface area contributed by atoms with Gasteiger partial charge in [0.25, 0.3) is 0 Å². The summed E-state index contributed by atoms with van der Waals surface area (Å²) < 4.78 is 30.9. The van der Waals surface area contributed by atoms with Gasteiger partial charge in [0, 0.05) is 13.0 Å². The Morgan fingerprint density at radius 3 is 2.46 bits per heavy atom. The predicted molar refractivity (Wildman–Crippen MR) is 104 cm³/mol. The van der Waals surface area contributed by atoms with Crippen LogP contribution in [0.5, 0.6) is 5.75 Å². The number of carbonyl (C=O) groups excluding carboxylic acids is 1. The molecule has 1 amide bonds. The lowest BCUT2D eigenvalue weighted by atomic mass is 10.2. The summed E-state index contributed by atoms with van der Waals surface area (Å²) in [6, 6.07) is 12.7. The lowest BCUT2D eigenvalue weighted by Crippen LogP contribution is -2.33. The van der Waals surface area contributed by atoms with Gasteiger partial charge in [-0.1, -0.05) is 24.3 Å². The van der Waals surface area contributed by atoms with E-state index >= 15 is 0 Å². The number of para-hydroxylation sites is 1. The van der Waals surface area contributed by atoms with E-state index < -0.39 is 10.0 Å². The Labute approximate surface area is 154 Å². The Bertz CT molecular complexity index is 894. The highest BCUT2D eigenvalue weighted by Crippen LogP contribution is 2.26. The van der Waals surface area contributed by atoms with E-state index in [9.17, 15) is 13.2 Å². The first-order valence-corrected chi connectivity index (χ1v) is 10.0. The number of sulfonamides is 1. The van der Waals surface area contributed by atoms with Gasteiger partial charge in [0.2, 0.25) is 15.9 Å². The topological polar surface area (TPSA) is 75.7 Å². The highest BCUT2D eigenvalue weighted by atomic mass is 32.2. The van der Waals surface area contributed by atoms with Crippen molar-refractivity contribution in [3.05, 3.63) is 53.6 Å². The monoisotopic (exact) mass is 376 g/mol. The first-order valence-electron chi connectivity index (χ1n) is 8.20. The van der Waals surface area contributed by atoms with Gasteiger partial charge in [-0.05, 0) is 43.2 Å². The van der Waals surface area contributed by atoms with Crippen molar-refractivity contribution in [1.29, 1.82) is 0 Å². The van der Waals surface area contributed by atoms with Crippen LogP contribution in [0.1, 0.15) is 17.5 Å². The molecule has 2 rings (SSSR count). The number of carbonyl (C=O) groups is 1. The van der Waals surface area contributed by atoms with Crippen LogP contribution in [0.15, 0.2) is 42.5 Å². The molecule has 6 nitrogen and oxygen atoms in total. The third-order valence-corrected chi connectivity index (χ3v) is 5.14. The molecule has 0 aliphatic rings. The van der Waals surface area contributed by atoms with Crippen molar-refractivity contribution >= 4 is 27.3 Å². The average Bonchev–Trinajstić information content (AvgIpc) is 2.55. The highest BCUT2D eigenvalue weighted by molar-refractivity contribution is 7.92. The summed E-state index contributed by atoms with van der Waals surface area (Å²) in [5, 5.41) is 2.79. The molecule has 0 aromatic heterocycles. The first kappa shape index (κ1) is 19.8. The van der Waals surface area contributed by atoms with Crippen LogP contribution in [0.2, 0.25) is 0 Å². The van der Waals surface area contributed by atoms with Crippen LogP contribution >= 0.6 is 0 Å². The van der Waals surface area contributed by atoms with Gasteiger partial charge in [-0.2, -0.15) is 0 Å². The average molecular weight is 376 g/mol. The molecule has 2 aromatic carbocycles. The van der Waals surface area contributed by atoms with Crippen LogP contribution < -0.4 is 14.4 Å². The van der Waals surface area contributed by atoms with Gasteiger partial charge in [-0.25, -0.2) is 8.42 Å². The normalized spacial score (nSPS) is 11.1. The minimum Gasteiger partial charge on any atom is -0.495 e. The van der Waals surface area contributed by atoms with E-state index in [2.05, 4.69) is 5.32 Å². The molecule has 0 saturated carbocycles. The van der Waals surface area contributed by atoms with E-state index in [1.54, 1.807) is 18.2 Å². The van der Waals surface area contributed by atoms with Gasteiger partial charge in [-0.3, -0.25) is 9.10 Å². The lowest BCUT2D eigenvalue weighted by Gasteiger charge is -2.24. The first-order chi connectivity index (χ1) is 12.2. The fourth-order valence-electron chi connectivity index (χ4n) is 2.64. The van der Waals surface area contributed by atoms with Gasteiger partial charge in [0.05, 0.1) is 24.7 Å².